The van der Waals surface area contributed by atoms with Gasteiger partial charge in [0, 0.05) is 12.6 Å². The lowest BCUT2D eigenvalue weighted by atomic mass is 9.85. The first kappa shape index (κ1) is 19.3. The third-order valence-electron chi connectivity index (χ3n) is 3.83. The summed E-state index contributed by atoms with van der Waals surface area (Å²) >= 11 is 0. The highest BCUT2D eigenvalue weighted by atomic mass is 16.5. The highest BCUT2D eigenvalue weighted by Gasteiger charge is 2.42. The van der Waals surface area contributed by atoms with Gasteiger partial charge in [0.25, 0.3) is 0 Å². The maximum atomic E-state index is 12.9. The quantitative estimate of drug-likeness (QED) is 0.814. The first-order chi connectivity index (χ1) is 10.6. The molecule has 0 radical (unpaired) electrons. The maximum absolute atomic E-state index is 12.9. The van der Waals surface area contributed by atoms with Gasteiger partial charge in [0.15, 0.2) is 0 Å². The summed E-state index contributed by atoms with van der Waals surface area (Å²) in [5, 5.41) is 5.45. The Hall–Kier alpha value is -1.79. The fourth-order valence-corrected chi connectivity index (χ4v) is 2.68. The number of carbonyl (C=O) groups excluding carboxylic acids is 3. The molecule has 1 aliphatic rings. The van der Waals surface area contributed by atoms with Gasteiger partial charge in [-0.2, -0.15) is 0 Å². The van der Waals surface area contributed by atoms with E-state index in [1.807, 2.05) is 34.6 Å². The highest BCUT2D eigenvalue weighted by molar-refractivity contribution is 5.92. The molecule has 0 spiro atoms. The third kappa shape index (κ3) is 5.11. The van der Waals surface area contributed by atoms with Gasteiger partial charge in [0.1, 0.15) is 12.1 Å². The van der Waals surface area contributed by atoms with Crippen LogP contribution in [0.2, 0.25) is 0 Å². The minimum atomic E-state index is -0.748. The molecule has 0 aromatic carbocycles. The van der Waals surface area contributed by atoms with Crippen LogP contribution in [0.5, 0.6) is 0 Å². The van der Waals surface area contributed by atoms with Crippen LogP contribution in [-0.2, 0) is 14.3 Å². The lowest BCUT2D eigenvalue weighted by Crippen LogP contribution is -2.58. The highest BCUT2D eigenvalue weighted by Crippen LogP contribution is 2.26. The summed E-state index contributed by atoms with van der Waals surface area (Å²) in [7, 11) is 1.26. The van der Waals surface area contributed by atoms with Crippen LogP contribution in [0.15, 0.2) is 0 Å². The molecule has 1 aliphatic heterocycles. The summed E-state index contributed by atoms with van der Waals surface area (Å²) in [4.78, 5) is 38.4. The fourth-order valence-electron chi connectivity index (χ4n) is 2.68. The second kappa shape index (κ2) is 7.66. The smallest absolute Gasteiger partial charge is 0.407 e. The summed E-state index contributed by atoms with van der Waals surface area (Å²) < 4.78 is 4.62. The topological polar surface area (TPSA) is 87.7 Å². The van der Waals surface area contributed by atoms with Crippen LogP contribution in [0.1, 0.15) is 47.5 Å². The normalized spacial score (nSPS) is 19.4. The van der Waals surface area contributed by atoms with Crippen molar-refractivity contribution in [3.05, 3.63) is 0 Å². The molecular weight excluding hydrogens is 298 g/mol. The van der Waals surface area contributed by atoms with Crippen LogP contribution in [0, 0.1) is 5.41 Å². The number of ether oxygens (including phenoxy) is 1. The van der Waals surface area contributed by atoms with Crippen molar-refractivity contribution in [2.24, 2.45) is 5.41 Å². The minimum Gasteiger partial charge on any atom is -0.453 e. The number of alkyl carbamates (subject to hydrolysis) is 1. The number of carbonyl (C=O) groups is 3. The Bertz CT molecular complexity index is 457. The Balaban J connectivity index is 2.93. The van der Waals surface area contributed by atoms with Gasteiger partial charge < -0.3 is 20.3 Å². The van der Waals surface area contributed by atoms with E-state index in [-0.39, 0.29) is 17.9 Å². The monoisotopic (exact) mass is 327 g/mol. The second-order valence-corrected chi connectivity index (χ2v) is 7.29. The zero-order valence-corrected chi connectivity index (χ0v) is 14.9. The van der Waals surface area contributed by atoms with Crippen LogP contribution < -0.4 is 10.6 Å². The average Bonchev–Trinajstić information content (AvgIpc) is 2.91. The zero-order chi connectivity index (χ0) is 17.8. The van der Waals surface area contributed by atoms with Crippen LogP contribution in [0.25, 0.3) is 0 Å². The van der Waals surface area contributed by atoms with E-state index >= 15 is 0 Å². The number of methoxy groups -OCH3 is 1. The molecule has 2 N–H and O–H groups in total. The number of hydrogen-bond acceptors (Lipinski definition) is 4. The van der Waals surface area contributed by atoms with Crippen molar-refractivity contribution in [2.75, 3.05) is 13.7 Å². The molecule has 23 heavy (non-hydrogen) atoms. The molecule has 0 aromatic heterocycles. The summed E-state index contributed by atoms with van der Waals surface area (Å²) in [5.41, 5.74) is -0.493. The molecule has 3 amide bonds. The number of hydrogen-bond donors (Lipinski definition) is 2. The molecule has 1 fully saturated rings. The molecule has 0 saturated carbocycles. The maximum Gasteiger partial charge on any atom is 0.407 e. The van der Waals surface area contributed by atoms with Gasteiger partial charge in [-0.1, -0.05) is 20.8 Å². The lowest BCUT2D eigenvalue weighted by Gasteiger charge is -2.35. The molecule has 0 aromatic rings. The third-order valence-corrected chi connectivity index (χ3v) is 3.83. The van der Waals surface area contributed by atoms with Crippen molar-refractivity contribution < 1.29 is 19.1 Å². The van der Waals surface area contributed by atoms with Crippen LogP contribution >= 0.6 is 0 Å². The second-order valence-electron chi connectivity index (χ2n) is 7.29. The number of amides is 3. The van der Waals surface area contributed by atoms with Crippen molar-refractivity contribution in [3.63, 3.8) is 0 Å². The van der Waals surface area contributed by atoms with E-state index in [2.05, 4.69) is 15.4 Å². The van der Waals surface area contributed by atoms with E-state index in [1.165, 1.54) is 7.11 Å². The van der Waals surface area contributed by atoms with Crippen LogP contribution in [0.4, 0.5) is 4.79 Å². The molecule has 2 atom stereocenters. The van der Waals surface area contributed by atoms with Gasteiger partial charge in [0.2, 0.25) is 11.8 Å². The number of likely N-dealkylation sites (tertiary alicyclic amines) is 1. The van der Waals surface area contributed by atoms with Crippen molar-refractivity contribution in [1.82, 2.24) is 15.5 Å². The van der Waals surface area contributed by atoms with E-state index < -0.39 is 23.6 Å². The van der Waals surface area contributed by atoms with E-state index in [0.717, 1.165) is 6.42 Å². The first-order valence-corrected chi connectivity index (χ1v) is 8.03. The Morgan fingerprint density at radius 2 is 1.78 bits per heavy atom. The van der Waals surface area contributed by atoms with Gasteiger partial charge in [-0.05, 0) is 32.1 Å². The van der Waals surface area contributed by atoms with Crippen molar-refractivity contribution >= 4 is 17.9 Å². The molecule has 1 saturated heterocycles. The van der Waals surface area contributed by atoms with E-state index in [1.54, 1.807) is 4.90 Å². The average molecular weight is 327 g/mol. The molecule has 132 valence electrons. The SMILES string of the molecule is COC(=O)NC(C(=O)N1CCCC1C(=O)NC(C)C)C(C)(C)C. The van der Waals surface area contributed by atoms with Gasteiger partial charge in [0.05, 0.1) is 7.11 Å². The molecule has 7 nitrogen and oxygen atoms in total. The van der Waals surface area contributed by atoms with Crippen LogP contribution in [-0.4, -0.2) is 54.6 Å². The molecule has 7 heteroatoms. The van der Waals surface area contributed by atoms with Gasteiger partial charge >= 0.3 is 6.09 Å². The standard InChI is InChI=1S/C16H29N3O4/c1-10(2)17-13(20)11-8-7-9-19(11)14(21)12(16(3,4)5)18-15(22)23-6/h10-12H,7-9H2,1-6H3,(H,17,20)(H,18,22). The number of nitrogens with zero attached hydrogens (tertiary/aromatic N) is 1. The molecule has 0 aliphatic carbocycles. The summed E-state index contributed by atoms with van der Waals surface area (Å²) in [6.45, 7) is 9.89. The molecule has 0 bridgehead atoms. The van der Waals surface area contributed by atoms with Gasteiger partial charge in [-0.3, -0.25) is 9.59 Å². The van der Waals surface area contributed by atoms with Crippen molar-refractivity contribution in [1.29, 1.82) is 0 Å². The Kier molecular flexibility index (Phi) is 6.41. The largest absolute Gasteiger partial charge is 0.453 e. The Morgan fingerprint density at radius 1 is 1.17 bits per heavy atom. The minimum absolute atomic E-state index is 0.0201. The summed E-state index contributed by atoms with van der Waals surface area (Å²) in [6.07, 6.45) is 0.761. The lowest BCUT2D eigenvalue weighted by molar-refractivity contribution is -0.142. The van der Waals surface area contributed by atoms with Gasteiger partial charge in [-0.15, -0.1) is 0 Å². The van der Waals surface area contributed by atoms with Crippen LogP contribution in [0.3, 0.4) is 0 Å². The Morgan fingerprint density at radius 3 is 2.26 bits per heavy atom. The van der Waals surface area contributed by atoms with Crippen molar-refractivity contribution in [3.8, 4) is 0 Å². The van der Waals surface area contributed by atoms with E-state index in [9.17, 15) is 14.4 Å². The Labute approximate surface area is 138 Å². The van der Waals surface area contributed by atoms with E-state index in [4.69, 9.17) is 0 Å². The number of rotatable bonds is 4. The zero-order valence-electron chi connectivity index (χ0n) is 14.9. The first-order valence-electron chi connectivity index (χ1n) is 8.03. The summed E-state index contributed by atoms with van der Waals surface area (Å²) in [6, 6.07) is -1.21. The van der Waals surface area contributed by atoms with Gasteiger partial charge in [-0.25, -0.2) is 4.79 Å². The number of nitrogens with one attached hydrogen (secondary N) is 2. The molecule has 1 rings (SSSR count). The molecular formula is C16H29N3O4. The van der Waals surface area contributed by atoms with Crippen molar-refractivity contribution in [2.45, 2.75) is 65.6 Å². The summed E-state index contributed by atoms with van der Waals surface area (Å²) in [5.74, 6) is -0.388. The fraction of sp³-hybridized carbons (Fsp3) is 0.812. The predicted octanol–water partition coefficient (Wildman–Crippen LogP) is 1.27. The predicted molar refractivity (Wildman–Crippen MR) is 86.8 cm³/mol. The van der Waals surface area contributed by atoms with E-state index in [0.29, 0.717) is 13.0 Å². The molecule has 1 heterocycles. The molecule has 2 unspecified atom stereocenters.